The molecule has 4 nitrogen and oxygen atoms in total. The molecule has 5 heteroatoms. The summed E-state index contributed by atoms with van der Waals surface area (Å²) in [5.41, 5.74) is 0.889. The van der Waals surface area contributed by atoms with Crippen LogP contribution in [0.15, 0.2) is 41.8 Å². The number of nitrogens with one attached hydrogen (secondary N) is 1. The van der Waals surface area contributed by atoms with E-state index in [1.165, 1.54) is 10.9 Å². The Hall–Kier alpha value is -1.72. The summed E-state index contributed by atoms with van der Waals surface area (Å²) in [6, 6.07) is 10.8. The van der Waals surface area contributed by atoms with Crippen molar-refractivity contribution >= 4 is 17.0 Å². The van der Waals surface area contributed by atoms with Gasteiger partial charge < -0.3 is 5.32 Å². The first-order valence-corrected chi connectivity index (χ1v) is 6.11. The Kier molecular flexibility index (Phi) is 3.85. The van der Waals surface area contributed by atoms with E-state index in [-0.39, 0.29) is 10.6 Å². The summed E-state index contributed by atoms with van der Waals surface area (Å²) in [6.07, 6.45) is 0. The van der Waals surface area contributed by atoms with Gasteiger partial charge in [-0.05, 0) is 11.4 Å². The summed E-state index contributed by atoms with van der Waals surface area (Å²) in [4.78, 5) is 11.7. The number of thiophene rings is 1. The van der Waals surface area contributed by atoms with Gasteiger partial charge in [-0.1, -0.05) is 24.3 Å². The topological polar surface area (TPSA) is 55.2 Å². The highest BCUT2D eigenvalue weighted by molar-refractivity contribution is 7.09. The van der Waals surface area contributed by atoms with Gasteiger partial charge in [0.2, 0.25) is 0 Å². The molecule has 0 saturated carbocycles. The third-order valence-electron chi connectivity index (χ3n) is 2.38. The van der Waals surface area contributed by atoms with Gasteiger partial charge in [-0.15, -0.1) is 11.3 Å². The summed E-state index contributed by atoms with van der Waals surface area (Å²) in [5, 5.41) is 16.0. The van der Waals surface area contributed by atoms with Crippen LogP contribution in [-0.2, 0) is 13.1 Å². The van der Waals surface area contributed by atoms with Gasteiger partial charge in [-0.2, -0.15) is 0 Å². The second-order valence-electron chi connectivity index (χ2n) is 3.57. The van der Waals surface area contributed by atoms with Crippen molar-refractivity contribution in [2.75, 3.05) is 0 Å². The normalized spacial score (nSPS) is 10.4. The molecule has 0 saturated heterocycles. The SMILES string of the molecule is O=[N+]([O-])c1ccccc1CNCc1cccs1. The van der Waals surface area contributed by atoms with Crippen molar-refractivity contribution < 1.29 is 4.92 Å². The lowest BCUT2D eigenvalue weighted by atomic mass is 10.2. The van der Waals surface area contributed by atoms with Crippen LogP contribution >= 0.6 is 11.3 Å². The quantitative estimate of drug-likeness (QED) is 0.653. The summed E-state index contributed by atoms with van der Waals surface area (Å²) >= 11 is 1.67. The first kappa shape index (κ1) is 11.8. The minimum absolute atomic E-state index is 0.172. The molecule has 0 fully saturated rings. The maximum Gasteiger partial charge on any atom is 0.273 e. The molecule has 0 aliphatic rings. The number of rotatable bonds is 5. The van der Waals surface area contributed by atoms with Crippen molar-refractivity contribution in [1.29, 1.82) is 0 Å². The number of nitro groups is 1. The van der Waals surface area contributed by atoms with E-state index < -0.39 is 0 Å². The van der Waals surface area contributed by atoms with Crippen LogP contribution < -0.4 is 5.32 Å². The van der Waals surface area contributed by atoms with Crippen molar-refractivity contribution in [1.82, 2.24) is 5.32 Å². The molecule has 0 spiro atoms. The first-order valence-electron chi connectivity index (χ1n) is 5.23. The van der Waals surface area contributed by atoms with Gasteiger partial charge in [0.1, 0.15) is 0 Å². The molecule has 1 heterocycles. The molecule has 0 aliphatic heterocycles. The van der Waals surface area contributed by atoms with Crippen molar-refractivity contribution in [2.24, 2.45) is 0 Å². The summed E-state index contributed by atoms with van der Waals surface area (Å²) in [6.45, 7) is 1.25. The Labute approximate surface area is 103 Å². The molecular formula is C12H12N2O2S. The van der Waals surface area contributed by atoms with E-state index in [4.69, 9.17) is 0 Å². The molecule has 88 valence electrons. The molecule has 0 unspecified atom stereocenters. The Bertz CT molecular complexity index is 497. The van der Waals surface area contributed by atoms with Crippen LogP contribution in [0.3, 0.4) is 0 Å². The fourth-order valence-corrected chi connectivity index (χ4v) is 2.25. The Morgan fingerprint density at radius 1 is 1.18 bits per heavy atom. The fraction of sp³-hybridized carbons (Fsp3) is 0.167. The van der Waals surface area contributed by atoms with Crippen molar-refractivity contribution in [3.8, 4) is 0 Å². The lowest BCUT2D eigenvalue weighted by Crippen LogP contribution is -2.12. The second-order valence-corrected chi connectivity index (χ2v) is 4.60. The standard InChI is InChI=1S/C12H12N2O2S/c15-14(16)12-6-2-1-4-10(12)8-13-9-11-5-3-7-17-11/h1-7,13H,8-9H2. The van der Waals surface area contributed by atoms with Crippen LogP contribution in [0.4, 0.5) is 5.69 Å². The highest BCUT2D eigenvalue weighted by Gasteiger charge is 2.11. The van der Waals surface area contributed by atoms with E-state index in [1.54, 1.807) is 23.5 Å². The fourth-order valence-electron chi connectivity index (χ4n) is 1.57. The monoisotopic (exact) mass is 248 g/mol. The van der Waals surface area contributed by atoms with Gasteiger partial charge in [0.05, 0.1) is 4.92 Å². The molecule has 0 atom stereocenters. The van der Waals surface area contributed by atoms with Gasteiger partial charge in [-0.25, -0.2) is 0 Å². The second kappa shape index (κ2) is 5.56. The Morgan fingerprint density at radius 3 is 2.71 bits per heavy atom. The summed E-state index contributed by atoms with van der Waals surface area (Å²) < 4.78 is 0. The van der Waals surface area contributed by atoms with Gasteiger partial charge >= 0.3 is 0 Å². The van der Waals surface area contributed by atoms with E-state index >= 15 is 0 Å². The zero-order valence-electron chi connectivity index (χ0n) is 9.13. The van der Waals surface area contributed by atoms with Crippen LogP contribution in [0.25, 0.3) is 0 Å². The molecule has 2 rings (SSSR count). The highest BCUT2D eigenvalue weighted by Crippen LogP contribution is 2.17. The molecule has 1 aromatic heterocycles. The van der Waals surface area contributed by atoms with E-state index in [0.29, 0.717) is 12.1 Å². The number of nitro benzene ring substituents is 1. The average Bonchev–Trinajstić information content (AvgIpc) is 2.82. The molecular weight excluding hydrogens is 236 g/mol. The molecule has 17 heavy (non-hydrogen) atoms. The van der Waals surface area contributed by atoms with Crippen LogP contribution in [-0.4, -0.2) is 4.92 Å². The zero-order valence-corrected chi connectivity index (χ0v) is 9.94. The minimum atomic E-state index is -0.345. The molecule has 1 aromatic carbocycles. The van der Waals surface area contributed by atoms with E-state index in [0.717, 1.165) is 6.54 Å². The highest BCUT2D eigenvalue weighted by atomic mass is 32.1. The molecule has 0 amide bonds. The average molecular weight is 248 g/mol. The van der Waals surface area contributed by atoms with Crippen molar-refractivity contribution in [2.45, 2.75) is 13.1 Å². The lowest BCUT2D eigenvalue weighted by Gasteiger charge is -2.04. The maximum atomic E-state index is 10.8. The van der Waals surface area contributed by atoms with Crippen molar-refractivity contribution in [3.05, 3.63) is 62.3 Å². The minimum Gasteiger partial charge on any atom is -0.308 e. The van der Waals surface area contributed by atoms with Gasteiger partial charge in [0.15, 0.2) is 0 Å². The van der Waals surface area contributed by atoms with E-state index in [2.05, 4.69) is 5.32 Å². The smallest absolute Gasteiger partial charge is 0.273 e. The van der Waals surface area contributed by atoms with Gasteiger partial charge in [0, 0.05) is 29.6 Å². The van der Waals surface area contributed by atoms with Crippen molar-refractivity contribution in [3.63, 3.8) is 0 Å². The third kappa shape index (κ3) is 3.12. The molecule has 0 aliphatic carbocycles. The number of hydrogen-bond acceptors (Lipinski definition) is 4. The first-order chi connectivity index (χ1) is 8.27. The van der Waals surface area contributed by atoms with Crippen LogP contribution in [0.5, 0.6) is 0 Å². The largest absolute Gasteiger partial charge is 0.308 e. The molecule has 2 aromatic rings. The van der Waals surface area contributed by atoms with Crippen LogP contribution in [0.1, 0.15) is 10.4 Å². The molecule has 0 bridgehead atoms. The van der Waals surface area contributed by atoms with Crippen LogP contribution in [0, 0.1) is 10.1 Å². The number of hydrogen-bond donors (Lipinski definition) is 1. The molecule has 0 radical (unpaired) electrons. The number of benzene rings is 1. The van der Waals surface area contributed by atoms with E-state index in [1.807, 2.05) is 23.6 Å². The molecule has 1 N–H and O–H groups in total. The van der Waals surface area contributed by atoms with Gasteiger partial charge in [-0.3, -0.25) is 10.1 Å². The van der Waals surface area contributed by atoms with Crippen LogP contribution in [0.2, 0.25) is 0 Å². The third-order valence-corrected chi connectivity index (χ3v) is 3.26. The number of nitrogens with zero attached hydrogens (tertiary/aromatic N) is 1. The Balaban J connectivity index is 1.97. The predicted molar refractivity (Wildman–Crippen MR) is 68.0 cm³/mol. The lowest BCUT2D eigenvalue weighted by molar-refractivity contribution is -0.385. The van der Waals surface area contributed by atoms with E-state index in [9.17, 15) is 10.1 Å². The van der Waals surface area contributed by atoms with Gasteiger partial charge in [0.25, 0.3) is 5.69 Å². The predicted octanol–water partition coefficient (Wildman–Crippen LogP) is 2.95. The number of para-hydroxylation sites is 1. The maximum absolute atomic E-state index is 10.8. The zero-order chi connectivity index (χ0) is 12.1. The summed E-state index contributed by atoms with van der Waals surface area (Å²) in [7, 11) is 0. The summed E-state index contributed by atoms with van der Waals surface area (Å²) in [5.74, 6) is 0. The Morgan fingerprint density at radius 2 is 2.00 bits per heavy atom.